The van der Waals surface area contributed by atoms with Crippen LogP contribution in [0, 0.1) is 0 Å². The minimum Gasteiger partial charge on any atom is -0.462 e. The van der Waals surface area contributed by atoms with Crippen molar-refractivity contribution in [2.45, 2.75) is 200 Å². The van der Waals surface area contributed by atoms with E-state index >= 15 is 0 Å². The number of esters is 3. The van der Waals surface area contributed by atoms with Gasteiger partial charge in [-0.2, -0.15) is 0 Å². The predicted molar refractivity (Wildman–Crippen MR) is 306 cm³/mol. The Morgan fingerprint density at radius 1 is 0.378 bits per heavy atom. The first-order valence-corrected chi connectivity index (χ1v) is 29.2. The lowest BCUT2D eigenvalue weighted by atomic mass is 10.1. The molecule has 0 saturated heterocycles. The number of rotatable bonds is 49. The van der Waals surface area contributed by atoms with Gasteiger partial charge in [-0.15, -0.1) is 0 Å². The zero-order valence-electron chi connectivity index (χ0n) is 45.7. The number of unbranched alkanes of at least 4 members (excludes halogenated alkanes) is 8. The molecule has 0 aromatic carbocycles. The monoisotopic (exact) mass is 1050 g/mol. The smallest absolute Gasteiger partial charge is 0.462 e. The highest BCUT2D eigenvalue weighted by atomic mass is 31.2. The van der Waals surface area contributed by atoms with Crippen molar-refractivity contribution in [3.63, 3.8) is 0 Å². The number of aliphatic hydroxyl groups excluding tert-OH is 1. The van der Waals surface area contributed by atoms with Crippen molar-refractivity contribution in [1.82, 2.24) is 0 Å². The van der Waals surface area contributed by atoms with Crippen LogP contribution in [0.4, 0.5) is 0 Å². The molecule has 74 heavy (non-hydrogen) atoms. The fourth-order valence-electron chi connectivity index (χ4n) is 6.63. The van der Waals surface area contributed by atoms with Crippen molar-refractivity contribution >= 4 is 25.7 Å². The maximum Gasteiger partial charge on any atom is 0.472 e. The predicted octanol–water partition coefficient (Wildman–Crippen LogP) is 16.4. The summed E-state index contributed by atoms with van der Waals surface area (Å²) >= 11 is 0. The zero-order valence-corrected chi connectivity index (χ0v) is 46.6. The van der Waals surface area contributed by atoms with E-state index < -0.39 is 64.4 Å². The number of carbonyl (C=O) groups excluding carboxylic acids is 3. The van der Waals surface area contributed by atoms with Crippen molar-refractivity contribution < 1.29 is 52.2 Å². The van der Waals surface area contributed by atoms with Crippen molar-refractivity contribution in [1.29, 1.82) is 0 Å². The number of carbonyl (C=O) groups is 3. The lowest BCUT2D eigenvalue weighted by Crippen LogP contribution is -2.30. The molecule has 3 atom stereocenters. The van der Waals surface area contributed by atoms with Gasteiger partial charge >= 0.3 is 25.7 Å². The highest BCUT2D eigenvalue weighted by molar-refractivity contribution is 7.47. The van der Waals surface area contributed by atoms with Crippen molar-refractivity contribution in [2.75, 3.05) is 26.4 Å². The maximum absolute atomic E-state index is 12.9. The Labute approximate surface area is 448 Å². The van der Waals surface area contributed by atoms with E-state index in [-0.39, 0.29) is 19.3 Å². The molecular formula is C62H97O11P. The van der Waals surface area contributed by atoms with E-state index in [1.807, 2.05) is 12.2 Å². The third kappa shape index (κ3) is 52.2. The summed E-state index contributed by atoms with van der Waals surface area (Å²) in [5.74, 6) is -1.63. The Hall–Kier alpha value is -4.64. The lowest BCUT2D eigenvalue weighted by Gasteiger charge is -2.21. The first kappa shape index (κ1) is 69.4. The van der Waals surface area contributed by atoms with Crippen LogP contribution in [0.5, 0.6) is 0 Å². The molecule has 0 aromatic heterocycles. The van der Waals surface area contributed by atoms with Crippen molar-refractivity contribution in [3.8, 4) is 0 Å². The second kappa shape index (κ2) is 54.6. The molecule has 0 fully saturated rings. The largest absolute Gasteiger partial charge is 0.472 e. The molecule has 0 heterocycles. The molecule has 416 valence electrons. The van der Waals surface area contributed by atoms with Crippen LogP contribution in [0.15, 0.2) is 146 Å². The van der Waals surface area contributed by atoms with Gasteiger partial charge in [0.15, 0.2) is 6.10 Å². The summed E-state index contributed by atoms with van der Waals surface area (Å²) in [6.45, 7) is 4.14. The van der Waals surface area contributed by atoms with E-state index in [0.717, 1.165) is 122 Å². The summed E-state index contributed by atoms with van der Waals surface area (Å²) < 4.78 is 39.4. The molecule has 0 bridgehead atoms. The SMILES string of the molecule is CC/C=C\C/C=C\C/C=C\C/C=C\C/C=C\CCCC(=O)OCC(COP(=O)(O)OCC(CO)OC(=O)CCCCCCC/C=C\C/C=C\C/C=C\CC)OC(=O)CCCC/C=C\C/C=C\C/C=C\C/C=C\CC. The second-order valence-corrected chi connectivity index (χ2v) is 19.1. The Morgan fingerprint density at radius 3 is 1.08 bits per heavy atom. The fraction of sp³-hybridized carbons (Fsp3) is 0.565. The van der Waals surface area contributed by atoms with Crippen LogP contribution in [0.1, 0.15) is 188 Å². The molecule has 0 spiro atoms. The van der Waals surface area contributed by atoms with Crippen molar-refractivity contribution in [3.05, 3.63) is 146 Å². The van der Waals surface area contributed by atoms with Gasteiger partial charge in [0.25, 0.3) is 0 Å². The molecule has 0 radical (unpaired) electrons. The third-order valence-electron chi connectivity index (χ3n) is 10.7. The average Bonchev–Trinajstić information content (AvgIpc) is 3.39. The minimum atomic E-state index is -4.79. The zero-order chi connectivity index (χ0) is 54.1. The first-order valence-electron chi connectivity index (χ1n) is 27.7. The fourth-order valence-corrected chi connectivity index (χ4v) is 7.41. The van der Waals surface area contributed by atoms with Crippen LogP contribution >= 0.6 is 7.82 Å². The molecular weight excluding hydrogens is 952 g/mol. The molecule has 0 aliphatic carbocycles. The van der Waals surface area contributed by atoms with Crippen LogP contribution in [-0.2, 0) is 42.2 Å². The number of allylic oxidation sites excluding steroid dienone is 24. The Kier molecular flexibility index (Phi) is 51.2. The van der Waals surface area contributed by atoms with Crippen LogP contribution in [0.25, 0.3) is 0 Å². The summed E-state index contributed by atoms with van der Waals surface area (Å²) in [5, 5.41) is 9.80. The van der Waals surface area contributed by atoms with Gasteiger partial charge in [0, 0.05) is 19.3 Å². The summed E-state index contributed by atoms with van der Waals surface area (Å²) in [7, 11) is -4.79. The van der Waals surface area contributed by atoms with Crippen LogP contribution in [0.2, 0.25) is 0 Å². The first-order chi connectivity index (χ1) is 36.2. The minimum absolute atomic E-state index is 0.0930. The van der Waals surface area contributed by atoms with Gasteiger partial charge < -0.3 is 24.2 Å². The molecule has 0 aliphatic rings. The lowest BCUT2D eigenvalue weighted by molar-refractivity contribution is -0.161. The molecule has 12 heteroatoms. The van der Waals surface area contributed by atoms with E-state index in [1.54, 1.807) is 0 Å². The molecule has 2 N–H and O–H groups in total. The van der Waals surface area contributed by atoms with Crippen LogP contribution < -0.4 is 0 Å². The van der Waals surface area contributed by atoms with Gasteiger partial charge in [-0.25, -0.2) is 4.57 Å². The van der Waals surface area contributed by atoms with Gasteiger partial charge in [-0.1, -0.05) is 186 Å². The summed E-state index contributed by atoms with van der Waals surface area (Å²) in [4.78, 5) is 48.5. The van der Waals surface area contributed by atoms with E-state index in [4.69, 9.17) is 23.3 Å². The molecule has 3 unspecified atom stereocenters. The van der Waals surface area contributed by atoms with Crippen LogP contribution in [0.3, 0.4) is 0 Å². The number of phosphoric acid groups is 1. The highest BCUT2D eigenvalue weighted by Gasteiger charge is 2.28. The van der Waals surface area contributed by atoms with Crippen LogP contribution in [-0.4, -0.2) is 66.5 Å². The highest BCUT2D eigenvalue weighted by Crippen LogP contribution is 2.43. The van der Waals surface area contributed by atoms with Gasteiger partial charge in [-0.05, 0) is 128 Å². The molecule has 0 rings (SSSR count). The Balaban J connectivity index is 4.91. The molecule has 0 aliphatic heterocycles. The number of hydrogen-bond donors (Lipinski definition) is 2. The second-order valence-electron chi connectivity index (χ2n) is 17.6. The van der Waals surface area contributed by atoms with E-state index in [1.165, 1.54) is 0 Å². The molecule has 0 amide bonds. The number of ether oxygens (including phenoxy) is 3. The van der Waals surface area contributed by atoms with Crippen molar-refractivity contribution in [2.24, 2.45) is 0 Å². The number of aliphatic hydroxyl groups is 1. The van der Waals surface area contributed by atoms with E-state index in [0.29, 0.717) is 25.7 Å². The summed E-state index contributed by atoms with van der Waals surface area (Å²) in [5.41, 5.74) is 0. The van der Waals surface area contributed by atoms with Gasteiger partial charge in [0.1, 0.15) is 12.7 Å². The number of phosphoric ester groups is 1. The average molecular weight is 1050 g/mol. The summed E-state index contributed by atoms with van der Waals surface area (Å²) in [6.07, 6.45) is 69.6. The topological polar surface area (TPSA) is 155 Å². The number of hydrogen-bond acceptors (Lipinski definition) is 10. The Bertz CT molecular complexity index is 1800. The van der Waals surface area contributed by atoms with E-state index in [9.17, 15) is 28.9 Å². The van der Waals surface area contributed by atoms with Gasteiger partial charge in [0.05, 0.1) is 19.8 Å². The standard InChI is InChI=1S/C62H97O11P/c1-4-7-10-13-16-19-22-25-28-29-32-33-36-39-42-45-48-51-60(64)69-55-59(73-62(66)53-50-47-44-41-38-35-31-27-24-21-18-15-12-9-6-3)57-71-74(67,68)70-56-58(54-63)72-61(65)52-49-46-43-40-37-34-30-26-23-20-17-14-11-8-5-2/h7-12,16-21,25-28,30-33,38-39,41-42,58-59,63H,4-6,13-15,22-24,29,34-37,40,43-57H2,1-3H3,(H,67,68)/b10-7-,11-8-,12-9-,19-16-,20-17-,21-18-,28-25-,30-26-,31-27-,33-32-,41-38-,42-39-. The van der Waals surface area contributed by atoms with E-state index in [2.05, 4.69) is 154 Å². The molecule has 0 saturated carbocycles. The maximum atomic E-state index is 12.9. The quantitative estimate of drug-likeness (QED) is 0.0197. The Morgan fingerprint density at radius 2 is 0.676 bits per heavy atom. The normalized spacial score (nSPS) is 14.5. The van der Waals surface area contributed by atoms with Gasteiger partial charge in [-0.3, -0.25) is 23.4 Å². The van der Waals surface area contributed by atoms with Gasteiger partial charge in [0.2, 0.25) is 0 Å². The molecule has 0 aromatic rings. The molecule has 11 nitrogen and oxygen atoms in total. The summed E-state index contributed by atoms with van der Waals surface area (Å²) in [6, 6.07) is 0. The third-order valence-corrected chi connectivity index (χ3v) is 11.7.